The zero-order valence-electron chi connectivity index (χ0n) is 12.8. The summed E-state index contributed by atoms with van der Waals surface area (Å²) in [5.41, 5.74) is 4.45. The van der Waals surface area contributed by atoms with Crippen LogP contribution in [0.25, 0.3) is 17.0 Å². The van der Waals surface area contributed by atoms with E-state index in [1.54, 1.807) is 0 Å². The van der Waals surface area contributed by atoms with Gasteiger partial charge in [0, 0.05) is 17.0 Å². The molecular formula is C20H16O3. The van der Waals surface area contributed by atoms with E-state index in [1.807, 2.05) is 31.2 Å². The first-order valence-electron chi connectivity index (χ1n) is 7.66. The number of benzene rings is 2. The molecule has 0 amide bonds. The van der Waals surface area contributed by atoms with E-state index < -0.39 is 0 Å². The molecule has 0 unspecified atom stereocenters. The van der Waals surface area contributed by atoms with Gasteiger partial charge < -0.3 is 9.15 Å². The molecule has 0 saturated heterocycles. The second-order valence-electron chi connectivity index (χ2n) is 5.76. The van der Waals surface area contributed by atoms with Gasteiger partial charge in [0.1, 0.15) is 17.9 Å². The quantitative estimate of drug-likeness (QED) is 0.583. The number of hydrogen-bond acceptors (Lipinski definition) is 3. The summed E-state index contributed by atoms with van der Waals surface area (Å²) in [4.78, 5) is 11.8. The van der Waals surface area contributed by atoms with E-state index in [9.17, 15) is 4.79 Å². The van der Waals surface area contributed by atoms with E-state index in [4.69, 9.17) is 9.15 Å². The van der Waals surface area contributed by atoms with Crippen molar-refractivity contribution in [3.63, 3.8) is 0 Å². The molecule has 114 valence electrons. The van der Waals surface area contributed by atoms with Gasteiger partial charge in [0.15, 0.2) is 0 Å². The lowest BCUT2D eigenvalue weighted by Gasteiger charge is -2.13. The molecule has 1 aromatic heterocycles. The Balaban J connectivity index is 1.91. The normalized spacial score (nSPS) is 14.8. The topological polar surface area (TPSA) is 39.4 Å². The number of aryl methyl sites for hydroxylation is 1. The zero-order chi connectivity index (χ0) is 15.8. The van der Waals surface area contributed by atoms with Gasteiger partial charge in [-0.1, -0.05) is 36.4 Å². The van der Waals surface area contributed by atoms with E-state index in [0.717, 1.165) is 33.4 Å². The number of rotatable bonds is 0. The molecule has 0 bridgehead atoms. The van der Waals surface area contributed by atoms with Crippen LogP contribution in [0.3, 0.4) is 0 Å². The molecule has 3 heteroatoms. The summed E-state index contributed by atoms with van der Waals surface area (Å²) in [7, 11) is 0. The highest BCUT2D eigenvalue weighted by molar-refractivity contribution is 5.85. The Bertz CT molecular complexity index is 980. The van der Waals surface area contributed by atoms with Crippen LogP contribution in [0.2, 0.25) is 0 Å². The van der Waals surface area contributed by atoms with Crippen molar-refractivity contribution in [2.75, 3.05) is 0 Å². The third-order valence-electron chi connectivity index (χ3n) is 4.24. The van der Waals surface area contributed by atoms with Gasteiger partial charge in [0.25, 0.3) is 0 Å². The lowest BCUT2D eigenvalue weighted by Crippen LogP contribution is -2.03. The van der Waals surface area contributed by atoms with Crippen molar-refractivity contribution >= 4 is 17.0 Å². The van der Waals surface area contributed by atoms with Gasteiger partial charge in [-0.25, -0.2) is 4.79 Å². The first kappa shape index (κ1) is 13.8. The standard InChI is InChI=1S/C20H16O3/c1-13-11-19(21)23-20-16(13)9-10-18-17(20)8-4-7-14-5-2-3-6-15(14)12-22-18/h2-7,9-11H,8,12H2,1H3/b7-4-. The molecule has 0 spiro atoms. The maximum absolute atomic E-state index is 11.8. The minimum absolute atomic E-state index is 0.324. The van der Waals surface area contributed by atoms with Gasteiger partial charge >= 0.3 is 5.63 Å². The second-order valence-corrected chi connectivity index (χ2v) is 5.76. The molecule has 23 heavy (non-hydrogen) atoms. The van der Waals surface area contributed by atoms with Gasteiger partial charge in [0.05, 0.1) is 0 Å². The lowest BCUT2D eigenvalue weighted by atomic mass is 10.0. The van der Waals surface area contributed by atoms with Crippen molar-refractivity contribution in [2.45, 2.75) is 20.0 Å². The van der Waals surface area contributed by atoms with Crippen LogP contribution >= 0.6 is 0 Å². The molecule has 0 aliphatic carbocycles. The highest BCUT2D eigenvalue weighted by Gasteiger charge is 2.14. The number of allylic oxidation sites excluding steroid dienone is 1. The molecule has 0 atom stereocenters. The predicted octanol–water partition coefficient (Wildman–Crippen LogP) is 4.25. The van der Waals surface area contributed by atoms with E-state index in [0.29, 0.717) is 18.6 Å². The van der Waals surface area contributed by atoms with Crippen LogP contribution in [0.1, 0.15) is 22.3 Å². The average Bonchev–Trinajstić information content (AvgIpc) is 2.63. The van der Waals surface area contributed by atoms with Gasteiger partial charge in [-0.05, 0) is 42.2 Å². The van der Waals surface area contributed by atoms with E-state index in [2.05, 4.69) is 24.3 Å². The molecule has 0 radical (unpaired) electrons. The maximum atomic E-state index is 11.8. The van der Waals surface area contributed by atoms with Gasteiger partial charge in [-0.15, -0.1) is 0 Å². The molecule has 3 nitrogen and oxygen atoms in total. The molecule has 2 heterocycles. The molecule has 0 fully saturated rings. The molecule has 1 aliphatic heterocycles. The third-order valence-corrected chi connectivity index (χ3v) is 4.24. The summed E-state index contributed by atoms with van der Waals surface area (Å²) in [5, 5.41) is 0.956. The van der Waals surface area contributed by atoms with E-state index in [1.165, 1.54) is 6.07 Å². The van der Waals surface area contributed by atoms with Crippen molar-refractivity contribution in [3.8, 4) is 5.75 Å². The monoisotopic (exact) mass is 304 g/mol. The molecule has 3 aromatic rings. The first-order valence-corrected chi connectivity index (χ1v) is 7.66. The van der Waals surface area contributed by atoms with Crippen LogP contribution in [-0.4, -0.2) is 0 Å². The smallest absolute Gasteiger partial charge is 0.336 e. The molecule has 1 aliphatic rings. The Morgan fingerprint density at radius 2 is 1.96 bits per heavy atom. The summed E-state index contributed by atoms with van der Waals surface area (Å²) in [5.74, 6) is 0.771. The summed E-state index contributed by atoms with van der Waals surface area (Å²) in [6.45, 7) is 2.42. The summed E-state index contributed by atoms with van der Waals surface area (Å²) >= 11 is 0. The number of fused-ring (bicyclic) bond motifs is 4. The Morgan fingerprint density at radius 1 is 1.09 bits per heavy atom. The maximum Gasteiger partial charge on any atom is 0.336 e. The lowest BCUT2D eigenvalue weighted by molar-refractivity contribution is 0.303. The Morgan fingerprint density at radius 3 is 2.87 bits per heavy atom. The first-order chi connectivity index (χ1) is 11.2. The highest BCUT2D eigenvalue weighted by Crippen LogP contribution is 2.31. The van der Waals surface area contributed by atoms with E-state index >= 15 is 0 Å². The Kier molecular flexibility index (Phi) is 3.27. The van der Waals surface area contributed by atoms with Crippen LogP contribution in [-0.2, 0) is 13.0 Å². The highest BCUT2D eigenvalue weighted by atomic mass is 16.5. The predicted molar refractivity (Wildman–Crippen MR) is 90.7 cm³/mol. The fourth-order valence-electron chi connectivity index (χ4n) is 3.04. The Hall–Kier alpha value is -2.81. The molecule has 2 aromatic carbocycles. The van der Waals surface area contributed by atoms with Crippen LogP contribution < -0.4 is 10.4 Å². The van der Waals surface area contributed by atoms with Gasteiger partial charge in [-0.2, -0.15) is 0 Å². The van der Waals surface area contributed by atoms with Crippen molar-refractivity contribution in [3.05, 3.63) is 81.2 Å². The third kappa shape index (κ3) is 2.44. The van der Waals surface area contributed by atoms with Crippen molar-refractivity contribution in [1.82, 2.24) is 0 Å². The molecular weight excluding hydrogens is 288 g/mol. The van der Waals surface area contributed by atoms with Crippen molar-refractivity contribution < 1.29 is 9.15 Å². The minimum atomic E-state index is -0.324. The summed E-state index contributed by atoms with van der Waals surface area (Å²) in [6, 6.07) is 13.6. The minimum Gasteiger partial charge on any atom is -0.488 e. The van der Waals surface area contributed by atoms with Gasteiger partial charge in [-0.3, -0.25) is 0 Å². The van der Waals surface area contributed by atoms with Crippen LogP contribution in [0.15, 0.2) is 57.8 Å². The SMILES string of the molecule is Cc1cc(=O)oc2c3c(ccc12)OCc1ccccc1/C=C\C3. The van der Waals surface area contributed by atoms with E-state index in [-0.39, 0.29) is 5.63 Å². The van der Waals surface area contributed by atoms with Gasteiger partial charge in [0.2, 0.25) is 0 Å². The van der Waals surface area contributed by atoms with Crippen molar-refractivity contribution in [1.29, 1.82) is 0 Å². The largest absolute Gasteiger partial charge is 0.488 e. The fraction of sp³-hybridized carbons (Fsp3) is 0.150. The van der Waals surface area contributed by atoms with Crippen LogP contribution in [0, 0.1) is 6.92 Å². The fourth-order valence-corrected chi connectivity index (χ4v) is 3.04. The Labute approximate surface area is 133 Å². The van der Waals surface area contributed by atoms with Crippen molar-refractivity contribution in [2.24, 2.45) is 0 Å². The number of ether oxygens (including phenoxy) is 1. The van der Waals surface area contributed by atoms with Crippen LogP contribution in [0.4, 0.5) is 0 Å². The average molecular weight is 304 g/mol. The zero-order valence-corrected chi connectivity index (χ0v) is 12.8. The molecule has 0 saturated carbocycles. The van der Waals surface area contributed by atoms with Crippen LogP contribution in [0.5, 0.6) is 5.75 Å². The summed E-state index contributed by atoms with van der Waals surface area (Å²) in [6.07, 6.45) is 4.85. The molecule has 0 N–H and O–H groups in total. The molecule has 4 rings (SSSR count). The summed E-state index contributed by atoms with van der Waals surface area (Å²) < 4.78 is 11.5. The second kappa shape index (κ2) is 5.43. The number of hydrogen-bond donors (Lipinski definition) is 0.